The van der Waals surface area contributed by atoms with Crippen molar-refractivity contribution in [2.75, 3.05) is 0 Å². The van der Waals surface area contributed by atoms with Crippen LogP contribution in [-0.4, -0.2) is 10.9 Å². The van der Waals surface area contributed by atoms with Gasteiger partial charge >= 0.3 is 0 Å². The molecule has 15 heavy (non-hydrogen) atoms. The van der Waals surface area contributed by atoms with E-state index in [2.05, 4.69) is 38.1 Å². The Balaban J connectivity index is 3.75. The summed E-state index contributed by atoms with van der Waals surface area (Å²) in [5.74, 6) is 0. The van der Waals surface area contributed by atoms with E-state index >= 15 is 0 Å². The zero-order valence-corrected chi connectivity index (χ0v) is 10.4. The van der Waals surface area contributed by atoms with Crippen LogP contribution in [0.2, 0.25) is 0 Å². The van der Waals surface area contributed by atoms with E-state index in [1.54, 1.807) is 0 Å². The Labute approximate surface area is 93.4 Å². The van der Waals surface area contributed by atoms with Gasteiger partial charge in [0.1, 0.15) is 0 Å². The fourth-order valence-corrected chi connectivity index (χ4v) is 1.27. The highest BCUT2D eigenvalue weighted by atomic mass is 16.4. The molecule has 0 aromatic rings. The quantitative estimate of drug-likeness (QED) is 0.300. The highest BCUT2D eigenvalue weighted by Gasteiger charge is 1.92. The highest BCUT2D eigenvalue weighted by Crippen LogP contribution is 2.08. The molecular formula is C13H23NO. The van der Waals surface area contributed by atoms with E-state index in [0.29, 0.717) is 0 Å². The van der Waals surface area contributed by atoms with E-state index in [-0.39, 0.29) is 0 Å². The summed E-state index contributed by atoms with van der Waals surface area (Å²) in [7, 11) is 0. The van der Waals surface area contributed by atoms with Gasteiger partial charge < -0.3 is 5.21 Å². The minimum absolute atomic E-state index is 0.795. The molecule has 0 aliphatic carbocycles. The molecular weight excluding hydrogens is 186 g/mol. The molecule has 0 saturated carbocycles. The lowest BCUT2D eigenvalue weighted by Crippen LogP contribution is -1.89. The van der Waals surface area contributed by atoms with Crippen LogP contribution in [0.25, 0.3) is 0 Å². The highest BCUT2D eigenvalue weighted by molar-refractivity contribution is 5.81. The van der Waals surface area contributed by atoms with E-state index < -0.39 is 0 Å². The molecule has 0 aromatic carbocycles. The Morgan fingerprint density at radius 1 is 1.00 bits per heavy atom. The van der Waals surface area contributed by atoms with Crippen LogP contribution in [-0.2, 0) is 0 Å². The van der Waals surface area contributed by atoms with Crippen molar-refractivity contribution in [3.8, 4) is 0 Å². The second-order valence-corrected chi connectivity index (χ2v) is 4.24. The summed E-state index contributed by atoms with van der Waals surface area (Å²) in [5, 5.41) is 11.6. The number of hydrogen-bond acceptors (Lipinski definition) is 2. The predicted octanol–water partition coefficient (Wildman–Crippen LogP) is 4.31. The zero-order chi connectivity index (χ0) is 11.7. The second kappa shape index (κ2) is 8.27. The van der Waals surface area contributed by atoms with Gasteiger partial charge in [0.15, 0.2) is 0 Å². The van der Waals surface area contributed by atoms with E-state index in [9.17, 15) is 0 Å². The molecule has 0 bridgehead atoms. The largest absolute Gasteiger partial charge is 0.411 e. The molecule has 0 atom stereocenters. The van der Waals surface area contributed by atoms with Crippen LogP contribution < -0.4 is 0 Å². The summed E-state index contributed by atoms with van der Waals surface area (Å²) >= 11 is 0. The van der Waals surface area contributed by atoms with Crippen LogP contribution >= 0.6 is 0 Å². The van der Waals surface area contributed by atoms with Gasteiger partial charge in [0, 0.05) is 0 Å². The average Bonchev–Trinajstić information content (AvgIpc) is 2.17. The van der Waals surface area contributed by atoms with Crippen LogP contribution in [0, 0.1) is 0 Å². The summed E-state index contributed by atoms with van der Waals surface area (Å²) in [6, 6.07) is 0. The molecule has 0 fully saturated rings. The van der Waals surface area contributed by atoms with Gasteiger partial charge in [-0.1, -0.05) is 28.5 Å². The number of hydrogen-bond donors (Lipinski definition) is 1. The molecule has 0 spiro atoms. The Morgan fingerprint density at radius 3 is 2.13 bits per heavy atom. The minimum atomic E-state index is 0.795. The minimum Gasteiger partial charge on any atom is -0.411 e. The fraction of sp³-hybridized carbons (Fsp3) is 0.615. The molecule has 2 nitrogen and oxygen atoms in total. The molecule has 0 heterocycles. The summed E-state index contributed by atoms with van der Waals surface area (Å²) in [4.78, 5) is 0. The Hall–Kier alpha value is -1.05. The summed E-state index contributed by atoms with van der Waals surface area (Å²) < 4.78 is 0. The van der Waals surface area contributed by atoms with Crippen LogP contribution in [0.1, 0.15) is 53.4 Å². The van der Waals surface area contributed by atoms with Crippen LogP contribution in [0.5, 0.6) is 0 Å². The maximum Gasteiger partial charge on any atom is 0.0543 e. The predicted molar refractivity (Wildman–Crippen MR) is 66.6 cm³/mol. The Kier molecular flexibility index (Phi) is 7.69. The van der Waals surface area contributed by atoms with Crippen molar-refractivity contribution in [2.45, 2.75) is 53.4 Å². The second-order valence-electron chi connectivity index (χ2n) is 4.24. The topological polar surface area (TPSA) is 32.6 Å². The van der Waals surface area contributed by atoms with Gasteiger partial charge in [0.05, 0.1) is 5.71 Å². The zero-order valence-electron chi connectivity index (χ0n) is 10.4. The van der Waals surface area contributed by atoms with Crippen LogP contribution in [0.3, 0.4) is 0 Å². The van der Waals surface area contributed by atoms with Gasteiger partial charge in [-0.25, -0.2) is 0 Å². The molecule has 0 amide bonds. The average molecular weight is 209 g/mol. The smallest absolute Gasteiger partial charge is 0.0543 e. The van der Waals surface area contributed by atoms with Crippen molar-refractivity contribution in [3.05, 3.63) is 23.3 Å². The van der Waals surface area contributed by atoms with Crippen LogP contribution in [0.15, 0.2) is 28.5 Å². The molecule has 1 N–H and O–H groups in total. The van der Waals surface area contributed by atoms with Crippen molar-refractivity contribution in [1.29, 1.82) is 0 Å². The third-order valence-electron chi connectivity index (χ3n) is 2.26. The molecule has 0 aromatic heterocycles. The number of oxime groups is 1. The lowest BCUT2D eigenvalue weighted by atomic mass is 10.1. The molecule has 0 saturated heterocycles. The standard InChI is InChI=1S/C13H23NO/c1-11(2)7-5-8-12(3)9-6-10-13(4)14-15/h7,9,15H,5-6,8,10H2,1-4H3/b12-9+,14-13?. The molecule has 0 rings (SSSR count). The first-order valence-electron chi connectivity index (χ1n) is 5.52. The van der Waals surface area contributed by atoms with Crippen molar-refractivity contribution < 1.29 is 5.21 Å². The van der Waals surface area contributed by atoms with Crippen molar-refractivity contribution in [1.82, 2.24) is 0 Å². The summed E-state index contributed by atoms with van der Waals surface area (Å²) in [6.45, 7) is 8.25. The van der Waals surface area contributed by atoms with Crippen molar-refractivity contribution >= 4 is 5.71 Å². The van der Waals surface area contributed by atoms with Gasteiger partial charge in [0.25, 0.3) is 0 Å². The Bertz CT molecular complexity index is 258. The third-order valence-corrected chi connectivity index (χ3v) is 2.26. The first kappa shape index (κ1) is 13.9. The number of rotatable bonds is 6. The van der Waals surface area contributed by atoms with Crippen molar-refractivity contribution in [3.63, 3.8) is 0 Å². The maximum atomic E-state index is 8.46. The normalized spacial score (nSPS) is 12.8. The van der Waals surface area contributed by atoms with Crippen LogP contribution in [0.4, 0.5) is 0 Å². The van der Waals surface area contributed by atoms with E-state index in [1.165, 1.54) is 11.1 Å². The van der Waals surface area contributed by atoms with E-state index in [0.717, 1.165) is 31.4 Å². The fourth-order valence-electron chi connectivity index (χ4n) is 1.27. The van der Waals surface area contributed by atoms with Gasteiger partial charge in [-0.2, -0.15) is 0 Å². The third kappa shape index (κ3) is 9.26. The Morgan fingerprint density at radius 2 is 1.60 bits per heavy atom. The molecule has 86 valence electrons. The number of nitrogens with zero attached hydrogens (tertiary/aromatic N) is 1. The van der Waals surface area contributed by atoms with Gasteiger partial charge in [-0.3, -0.25) is 0 Å². The van der Waals surface area contributed by atoms with Crippen molar-refractivity contribution in [2.24, 2.45) is 5.16 Å². The molecule has 0 aliphatic heterocycles. The van der Waals surface area contributed by atoms with E-state index in [4.69, 9.17) is 5.21 Å². The van der Waals surface area contributed by atoms with E-state index in [1.807, 2.05) is 6.92 Å². The lowest BCUT2D eigenvalue weighted by Gasteiger charge is -1.99. The molecule has 0 unspecified atom stereocenters. The molecule has 0 radical (unpaired) electrons. The maximum absolute atomic E-state index is 8.46. The molecule has 2 heteroatoms. The summed E-state index contributed by atoms with van der Waals surface area (Å²) in [6.07, 6.45) is 8.55. The lowest BCUT2D eigenvalue weighted by molar-refractivity contribution is 0.317. The first-order chi connectivity index (χ1) is 7.06. The molecule has 0 aliphatic rings. The van der Waals surface area contributed by atoms with Gasteiger partial charge in [-0.05, 0) is 53.4 Å². The summed E-state index contributed by atoms with van der Waals surface area (Å²) in [5.41, 5.74) is 3.59. The monoisotopic (exact) mass is 209 g/mol. The van der Waals surface area contributed by atoms with Gasteiger partial charge in [-0.15, -0.1) is 0 Å². The number of allylic oxidation sites excluding steroid dienone is 4. The first-order valence-corrected chi connectivity index (χ1v) is 5.52. The van der Waals surface area contributed by atoms with Gasteiger partial charge in [0.2, 0.25) is 0 Å². The SMILES string of the molecule is CC(C)=CCC/C(C)=C/CCC(C)=NO.